The third kappa shape index (κ3) is 3.61. The number of methoxy groups -OCH3 is 1. The number of para-hydroxylation sites is 1. The maximum Gasteiger partial charge on any atom is 0.418 e. The Labute approximate surface area is 166 Å². The molecule has 0 spiro atoms. The summed E-state index contributed by atoms with van der Waals surface area (Å²) >= 11 is 0. The molecule has 0 aliphatic carbocycles. The van der Waals surface area contributed by atoms with E-state index in [0.29, 0.717) is 10.9 Å². The minimum atomic E-state index is -4.48. The third-order valence-corrected chi connectivity index (χ3v) is 4.92. The van der Waals surface area contributed by atoms with E-state index in [2.05, 4.69) is 4.98 Å². The summed E-state index contributed by atoms with van der Waals surface area (Å²) in [6.45, 7) is 0. The molecule has 0 fully saturated rings. The molecule has 4 rings (SSSR count). The minimum Gasteiger partial charge on any atom is -0.372 e. The van der Waals surface area contributed by atoms with Gasteiger partial charge >= 0.3 is 6.18 Å². The highest BCUT2D eigenvalue weighted by molar-refractivity contribution is 5.98. The van der Waals surface area contributed by atoms with Crippen molar-refractivity contribution in [1.29, 1.82) is 0 Å². The van der Waals surface area contributed by atoms with E-state index in [9.17, 15) is 13.2 Å². The van der Waals surface area contributed by atoms with Crippen LogP contribution in [0.15, 0.2) is 85.1 Å². The van der Waals surface area contributed by atoms with Crippen molar-refractivity contribution in [3.63, 3.8) is 0 Å². The first kappa shape index (κ1) is 19.2. The Balaban J connectivity index is 2.05. The highest BCUT2D eigenvalue weighted by Crippen LogP contribution is 2.41. The molecule has 146 valence electrons. The van der Waals surface area contributed by atoms with Crippen LogP contribution in [0.5, 0.6) is 0 Å². The standard InChI is InChI=1S/C24H18F3NO/c1-29-23(17-11-6-3-7-12-17)19-15-28-22-18(13-8-14-20(22)24(25,26)27)21(19)16-9-4-2-5-10-16/h2-15,23H,1H3. The van der Waals surface area contributed by atoms with E-state index in [1.807, 2.05) is 60.7 Å². The van der Waals surface area contributed by atoms with E-state index in [4.69, 9.17) is 4.74 Å². The van der Waals surface area contributed by atoms with Crippen LogP contribution in [-0.2, 0) is 10.9 Å². The summed E-state index contributed by atoms with van der Waals surface area (Å²) in [4.78, 5) is 4.23. The van der Waals surface area contributed by atoms with Crippen molar-refractivity contribution in [3.05, 3.63) is 102 Å². The molecule has 0 aliphatic rings. The molecule has 29 heavy (non-hydrogen) atoms. The predicted molar refractivity (Wildman–Crippen MR) is 107 cm³/mol. The van der Waals surface area contributed by atoms with E-state index in [0.717, 1.165) is 22.8 Å². The average molecular weight is 393 g/mol. The molecule has 0 saturated carbocycles. The van der Waals surface area contributed by atoms with Crippen molar-refractivity contribution in [2.45, 2.75) is 12.3 Å². The number of hydrogen-bond donors (Lipinski definition) is 0. The lowest BCUT2D eigenvalue weighted by Gasteiger charge is -2.22. The van der Waals surface area contributed by atoms with Gasteiger partial charge in [-0.3, -0.25) is 4.98 Å². The third-order valence-electron chi connectivity index (χ3n) is 4.92. The molecule has 3 aromatic carbocycles. The number of halogens is 3. The molecule has 1 unspecified atom stereocenters. The zero-order chi connectivity index (χ0) is 20.4. The van der Waals surface area contributed by atoms with E-state index >= 15 is 0 Å². The van der Waals surface area contributed by atoms with Gasteiger partial charge in [0.05, 0.1) is 11.1 Å². The predicted octanol–water partition coefficient (Wildman–Crippen LogP) is 6.66. The van der Waals surface area contributed by atoms with Gasteiger partial charge in [-0.25, -0.2) is 0 Å². The van der Waals surface area contributed by atoms with Crippen molar-refractivity contribution in [2.75, 3.05) is 7.11 Å². The Kier molecular flexibility index (Phi) is 5.07. The second-order valence-corrected chi connectivity index (χ2v) is 6.68. The van der Waals surface area contributed by atoms with Gasteiger partial charge in [-0.1, -0.05) is 72.8 Å². The highest BCUT2D eigenvalue weighted by Gasteiger charge is 2.34. The van der Waals surface area contributed by atoms with Gasteiger partial charge in [-0.15, -0.1) is 0 Å². The Morgan fingerprint density at radius 1 is 0.828 bits per heavy atom. The molecule has 1 aromatic heterocycles. The molecule has 1 heterocycles. The first-order valence-electron chi connectivity index (χ1n) is 9.12. The fourth-order valence-electron chi connectivity index (χ4n) is 3.66. The van der Waals surface area contributed by atoms with Gasteiger partial charge in [-0.05, 0) is 22.8 Å². The second kappa shape index (κ2) is 7.68. The highest BCUT2D eigenvalue weighted by atomic mass is 19.4. The number of aromatic nitrogens is 1. The van der Waals surface area contributed by atoms with Crippen LogP contribution in [0.3, 0.4) is 0 Å². The van der Waals surface area contributed by atoms with Crippen LogP contribution in [0.25, 0.3) is 22.0 Å². The zero-order valence-electron chi connectivity index (χ0n) is 15.6. The van der Waals surface area contributed by atoms with Gasteiger partial charge in [0.1, 0.15) is 6.10 Å². The van der Waals surface area contributed by atoms with Crippen molar-refractivity contribution in [2.24, 2.45) is 0 Å². The molecule has 4 aromatic rings. The first-order valence-corrected chi connectivity index (χ1v) is 9.12. The van der Waals surface area contributed by atoms with Crippen LogP contribution >= 0.6 is 0 Å². The lowest BCUT2D eigenvalue weighted by Crippen LogP contribution is -2.10. The molecule has 0 amide bonds. The SMILES string of the molecule is COC(c1ccccc1)c1cnc2c(C(F)(F)F)cccc2c1-c1ccccc1. The van der Waals surface area contributed by atoms with Crippen LogP contribution in [-0.4, -0.2) is 12.1 Å². The van der Waals surface area contributed by atoms with Crippen LogP contribution in [0.4, 0.5) is 13.2 Å². The first-order chi connectivity index (χ1) is 14.0. The van der Waals surface area contributed by atoms with Gasteiger partial charge in [0.15, 0.2) is 0 Å². The Hall–Kier alpha value is -3.18. The quantitative estimate of drug-likeness (QED) is 0.387. The molecule has 0 saturated heterocycles. The number of pyridine rings is 1. The smallest absolute Gasteiger partial charge is 0.372 e. The van der Waals surface area contributed by atoms with E-state index in [-0.39, 0.29) is 5.52 Å². The number of hydrogen-bond acceptors (Lipinski definition) is 2. The summed E-state index contributed by atoms with van der Waals surface area (Å²) in [5.74, 6) is 0. The largest absolute Gasteiger partial charge is 0.418 e. The summed E-state index contributed by atoms with van der Waals surface area (Å²) in [5, 5.41) is 0.446. The van der Waals surface area contributed by atoms with Gasteiger partial charge in [0.2, 0.25) is 0 Å². The van der Waals surface area contributed by atoms with E-state index in [1.165, 1.54) is 12.3 Å². The molecule has 0 N–H and O–H groups in total. The lowest BCUT2D eigenvalue weighted by atomic mass is 9.90. The average Bonchev–Trinajstić information content (AvgIpc) is 2.74. The zero-order valence-corrected chi connectivity index (χ0v) is 15.6. The molecule has 5 heteroatoms. The molecule has 1 atom stereocenters. The monoisotopic (exact) mass is 393 g/mol. The summed E-state index contributed by atoms with van der Waals surface area (Å²) < 4.78 is 46.5. The topological polar surface area (TPSA) is 22.1 Å². The van der Waals surface area contributed by atoms with E-state index < -0.39 is 17.8 Å². The maximum atomic E-state index is 13.6. The van der Waals surface area contributed by atoms with Crippen LogP contribution in [0.1, 0.15) is 22.8 Å². The molecule has 0 radical (unpaired) electrons. The number of nitrogens with zero attached hydrogens (tertiary/aromatic N) is 1. The summed E-state index contributed by atoms with van der Waals surface area (Å²) in [7, 11) is 1.59. The lowest BCUT2D eigenvalue weighted by molar-refractivity contribution is -0.136. The number of fused-ring (bicyclic) bond motifs is 1. The Bertz CT molecular complexity index is 1130. The van der Waals surface area contributed by atoms with Crippen molar-refractivity contribution in [1.82, 2.24) is 4.98 Å². The number of benzene rings is 3. The van der Waals surface area contributed by atoms with E-state index in [1.54, 1.807) is 13.2 Å². The van der Waals surface area contributed by atoms with Gasteiger partial charge in [-0.2, -0.15) is 13.2 Å². The summed E-state index contributed by atoms with van der Waals surface area (Å²) in [5.41, 5.74) is 2.32. The van der Waals surface area contributed by atoms with Crippen LogP contribution in [0, 0.1) is 0 Å². The molecule has 0 bridgehead atoms. The minimum absolute atomic E-state index is 0.0643. The van der Waals surface area contributed by atoms with Gasteiger partial charge in [0, 0.05) is 24.3 Å². The molecule has 0 aliphatic heterocycles. The van der Waals surface area contributed by atoms with Crippen LogP contribution in [0.2, 0.25) is 0 Å². The Morgan fingerprint density at radius 3 is 2.10 bits per heavy atom. The second-order valence-electron chi connectivity index (χ2n) is 6.68. The van der Waals surface area contributed by atoms with Crippen molar-refractivity contribution in [3.8, 4) is 11.1 Å². The fourth-order valence-corrected chi connectivity index (χ4v) is 3.66. The molecular formula is C24H18F3NO. The van der Waals surface area contributed by atoms with Crippen LogP contribution < -0.4 is 0 Å². The summed E-state index contributed by atoms with van der Waals surface area (Å²) in [6.07, 6.45) is -3.44. The van der Waals surface area contributed by atoms with Gasteiger partial charge in [0.25, 0.3) is 0 Å². The van der Waals surface area contributed by atoms with Crippen molar-refractivity contribution >= 4 is 10.9 Å². The fraction of sp³-hybridized carbons (Fsp3) is 0.125. The molecular weight excluding hydrogens is 375 g/mol. The Morgan fingerprint density at radius 2 is 1.48 bits per heavy atom. The maximum absolute atomic E-state index is 13.6. The summed E-state index contributed by atoms with van der Waals surface area (Å²) in [6, 6.07) is 23.1. The number of ether oxygens (including phenoxy) is 1. The number of rotatable bonds is 4. The molecule has 2 nitrogen and oxygen atoms in total. The van der Waals surface area contributed by atoms with Gasteiger partial charge < -0.3 is 4.74 Å². The number of alkyl halides is 3. The van der Waals surface area contributed by atoms with Crippen molar-refractivity contribution < 1.29 is 17.9 Å². The normalized spacial score (nSPS) is 12.8.